The molecule has 0 saturated carbocycles. The first-order valence-corrected chi connectivity index (χ1v) is 10.4. The van der Waals surface area contributed by atoms with Gasteiger partial charge in [0.2, 0.25) is 12.7 Å². The molecule has 31 heavy (non-hydrogen) atoms. The largest absolute Gasteiger partial charge is 0.454 e. The summed E-state index contributed by atoms with van der Waals surface area (Å²) in [5, 5.41) is 11.8. The van der Waals surface area contributed by atoms with Crippen LogP contribution in [-0.2, 0) is 11.3 Å². The molecule has 0 bridgehead atoms. The van der Waals surface area contributed by atoms with E-state index < -0.39 is 0 Å². The van der Waals surface area contributed by atoms with Gasteiger partial charge in [0.05, 0.1) is 5.92 Å². The van der Waals surface area contributed by atoms with Gasteiger partial charge in [-0.15, -0.1) is 10.2 Å². The summed E-state index contributed by atoms with van der Waals surface area (Å²) in [5.74, 6) is 3.82. The lowest BCUT2D eigenvalue weighted by atomic mass is 9.97. The van der Waals surface area contributed by atoms with Gasteiger partial charge in [0.1, 0.15) is 5.82 Å². The number of nitrogens with zero attached hydrogens (tertiary/aromatic N) is 5. The molecule has 4 heterocycles. The molecular formula is C22H24N6O3. The van der Waals surface area contributed by atoms with E-state index in [1.165, 1.54) is 0 Å². The first kappa shape index (κ1) is 19.3. The number of imidazole rings is 1. The van der Waals surface area contributed by atoms with E-state index in [0.29, 0.717) is 13.1 Å². The minimum absolute atomic E-state index is 0.0565. The Kier molecular flexibility index (Phi) is 5.15. The standard InChI is InChI=1S/C22H24N6O3/c1-15-23-8-10-28(15)21-7-6-20(25-26-21)27-9-2-3-17(13-27)22(29)24-12-16-4-5-18-19(11-16)31-14-30-18/h4-8,10-11,17H,2-3,9,12-14H2,1H3,(H,24,29)/t17-/m1/s1. The summed E-state index contributed by atoms with van der Waals surface area (Å²) in [6.45, 7) is 4.13. The third kappa shape index (κ3) is 4.03. The van der Waals surface area contributed by atoms with Gasteiger partial charge in [0.15, 0.2) is 23.1 Å². The Hall–Kier alpha value is -3.62. The van der Waals surface area contributed by atoms with Crippen molar-refractivity contribution in [2.45, 2.75) is 26.3 Å². The average molecular weight is 420 g/mol. The zero-order chi connectivity index (χ0) is 21.2. The molecular weight excluding hydrogens is 396 g/mol. The fraction of sp³-hybridized carbons (Fsp3) is 0.364. The number of amides is 1. The van der Waals surface area contributed by atoms with Crippen molar-refractivity contribution in [2.24, 2.45) is 5.92 Å². The van der Waals surface area contributed by atoms with Crippen molar-refractivity contribution in [3.05, 3.63) is 54.1 Å². The molecule has 2 aliphatic rings. The van der Waals surface area contributed by atoms with Crippen LogP contribution >= 0.6 is 0 Å². The third-order valence-corrected chi connectivity index (χ3v) is 5.73. The Labute approximate surface area is 180 Å². The fourth-order valence-corrected chi connectivity index (χ4v) is 4.02. The van der Waals surface area contributed by atoms with Crippen molar-refractivity contribution < 1.29 is 14.3 Å². The predicted molar refractivity (Wildman–Crippen MR) is 113 cm³/mol. The van der Waals surface area contributed by atoms with Gasteiger partial charge in [-0.1, -0.05) is 6.07 Å². The van der Waals surface area contributed by atoms with Crippen LogP contribution in [0.2, 0.25) is 0 Å². The van der Waals surface area contributed by atoms with Crippen molar-refractivity contribution >= 4 is 11.7 Å². The van der Waals surface area contributed by atoms with Crippen LogP contribution in [0.1, 0.15) is 24.2 Å². The Morgan fingerprint density at radius 3 is 2.81 bits per heavy atom. The van der Waals surface area contributed by atoms with Crippen molar-refractivity contribution in [2.75, 3.05) is 24.8 Å². The topological polar surface area (TPSA) is 94.4 Å². The van der Waals surface area contributed by atoms with E-state index in [1.54, 1.807) is 6.20 Å². The van der Waals surface area contributed by atoms with Crippen molar-refractivity contribution in [1.29, 1.82) is 0 Å². The van der Waals surface area contributed by atoms with Gasteiger partial charge in [-0.25, -0.2) is 4.98 Å². The molecule has 0 radical (unpaired) electrons. The molecule has 1 aromatic carbocycles. The molecule has 3 aromatic rings. The van der Waals surface area contributed by atoms with Crippen LogP contribution in [0.15, 0.2) is 42.7 Å². The SMILES string of the molecule is Cc1nccn1-c1ccc(N2CCC[C@@H](C(=O)NCc3ccc4c(c3)OCO4)C2)nn1. The van der Waals surface area contributed by atoms with Gasteiger partial charge in [-0.05, 0) is 49.6 Å². The summed E-state index contributed by atoms with van der Waals surface area (Å²) < 4.78 is 12.6. The number of carbonyl (C=O) groups excluding carboxylic acids is 1. The van der Waals surface area contributed by atoms with E-state index in [1.807, 2.05) is 48.0 Å². The lowest BCUT2D eigenvalue weighted by molar-refractivity contribution is -0.125. The molecule has 9 heteroatoms. The van der Waals surface area contributed by atoms with Crippen LogP contribution < -0.4 is 19.7 Å². The van der Waals surface area contributed by atoms with Crippen LogP contribution in [0.4, 0.5) is 5.82 Å². The number of hydrogen-bond acceptors (Lipinski definition) is 7. The molecule has 160 valence electrons. The molecule has 2 aromatic heterocycles. The Bertz CT molecular complexity index is 1080. The number of aryl methyl sites for hydroxylation is 1. The highest BCUT2D eigenvalue weighted by Crippen LogP contribution is 2.32. The Balaban J connectivity index is 1.20. The van der Waals surface area contributed by atoms with Gasteiger partial charge in [0, 0.05) is 32.0 Å². The second-order valence-corrected chi connectivity index (χ2v) is 7.78. The number of ether oxygens (including phenoxy) is 2. The highest BCUT2D eigenvalue weighted by Gasteiger charge is 2.27. The number of aromatic nitrogens is 4. The summed E-state index contributed by atoms with van der Waals surface area (Å²) in [4.78, 5) is 19.1. The van der Waals surface area contributed by atoms with Crippen LogP contribution in [0.3, 0.4) is 0 Å². The maximum atomic E-state index is 12.8. The summed E-state index contributed by atoms with van der Waals surface area (Å²) in [7, 11) is 0. The molecule has 1 saturated heterocycles. The molecule has 0 spiro atoms. The van der Waals surface area contributed by atoms with Crippen LogP contribution in [-0.4, -0.2) is 45.5 Å². The maximum absolute atomic E-state index is 12.8. The highest BCUT2D eigenvalue weighted by atomic mass is 16.7. The average Bonchev–Trinajstić information content (AvgIpc) is 3.46. The number of nitrogens with one attached hydrogen (secondary N) is 1. The fourth-order valence-electron chi connectivity index (χ4n) is 4.02. The van der Waals surface area contributed by atoms with Crippen molar-refractivity contribution in [3.8, 4) is 17.3 Å². The smallest absolute Gasteiger partial charge is 0.231 e. The highest BCUT2D eigenvalue weighted by molar-refractivity contribution is 5.79. The van der Waals surface area contributed by atoms with Crippen LogP contribution in [0.5, 0.6) is 11.5 Å². The second kappa shape index (κ2) is 8.25. The summed E-state index contributed by atoms with van der Waals surface area (Å²) in [6.07, 6.45) is 5.40. The molecule has 1 N–H and O–H groups in total. The first-order chi connectivity index (χ1) is 15.2. The molecule has 9 nitrogen and oxygen atoms in total. The number of benzene rings is 1. The zero-order valence-electron chi connectivity index (χ0n) is 17.3. The number of fused-ring (bicyclic) bond motifs is 1. The number of carbonyl (C=O) groups is 1. The first-order valence-electron chi connectivity index (χ1n) is 10.4. The van der Waals surface area contributed by atoms with E-state index in [2.05, 4.69) is 25.4 Å². The van der Waals surface area contributed by atoms with Gasteiger partial charge >= 0.3 is 0 Å². The van der Waals surface area contributed by atoms with Gasteiger partial charge in [-0.2, -0.15) is 0 Å². The van der Waals surface area contributed by atoms with E-state index >= 15 is 0 Å². The number of piperidine rings is 1. The number of anilines is 1. The van der Waals surface area contributed by atoms with Gasteiger partial charge < -0.3 is 19.7 Å². The Morgan fingerprint density at radius 1 is 1.16 bits per heavy atom. The van der Waals surface area contributed by atoms with Gasteiger partial charge in [-0.3, -0.25) is 9.36 Å². The van der Waals surface area contributed by atoms with E-state index in [4.69, 9.17) is 9.47 Å². The van der Waals surface area contributed by atoms with E-state index in [0.717, 1.165) is 53.9 Å². The second-order valence-electron chi connectivity index (χ2n) is 7.78. The lowest BCUT2D eigenvalue weighted by Gasteiger charge is -2.32. The number of rotatable bonds is 5. The lowest BCUT2D eigenvalue weighted by Crippen LogP contribution is -2.43. The van der Waals surface area contributed by atoms with Gasteiger partial charge in [0.25, 0.3) is 0 Å². The normalized spacial score (nSPS) is 17.6. The molecule has 5 rings (SSSR count). The summed E-state index contributed by atoms with van der Waals surface area (Å²) in [6, 6.07) is 9.61. The summed E-state index contributed by atoms with van der Waals surface area (Å²) >= 11 is 0. The molecule has 1 fully saturated rings. The molecule has 2 aliphatic heterocycles. The molecule has 1 atom stereocenters. The zero-order valence-corrected chi connectivity index (χ0v) is 17.3. The monoisotopic (exact) mass is 420 g/mol. The van der Waals surface area contributed by atoms with Crippen LogP contribution in [0.25, 0.3) is 5.82 Å². The van der Waals surface area contributed by atoms with Crippen molar-refractivity contribution in [1.82, 2.24) is 25.1 Å². The third-order valence-electron chi connectivity index (χ3n) is 5.73. The molecule has 0 unspecified atom stereocenters. The minimum atomic E-state index is -0.0832. The summed E-state index contributed by atoms with van der Waals surface area (Å²) in [5.41, 5.74) is 0.988. The molecule has 1 amide bonds. The molecule has 0 aliphatic carbocycles. The van der Waals surface area contributed by atoms with Crippen molar-refractivity contribution in [3.63, 3.8) is 0 Å². The number of hydrogen-bond donors (Lipinski definition) is 1. The quantitative estimate of drug-likeness (QED) is 0.676. The predicted octanol–water partition coefficient (Wildman–Crippen LogP) is 2.23. The maximum Gasteiger partial charge on any atom is 0.231 e. The van der Waals surface area contributed by atoms with E-state index in [-0.39, 0.29) is 18.6 Å². The minimum Gasteiger partial charge on any atom is -0.454 e. The van der Waals surface area contributed by atoms with Crippen LogP contribution in [0, 0.1) is 12.8 Å². The Morgan fingerprint density at radius 2 is 2.00 bits per heavy atom. The van der Waals surface area contributed by atoms with E-state index in [9.17, 15) is 4.79 Å².